The molecule has 1 fully saturated rings. The summed E-state index contributed by atoms with van der Waals surface area (Å²) in [6.07, 6.45) is 2.69. The maximum Gasteiger partial charge on any atom is 0.227 e. The zero-order chi connectivity index (χ0) is 23.4. The summed E-state index contributed by atoms with van der Waals surface area (Å²) in [5.74, 6) is 2.74. The van der Waals surface area contributed by atoms with Crippen molar-refractivity contribution in [1.29, 1.82) is 0 Å². The number of nitrogens with zero attached hydrogens (tertiary/aromatic N) is 3. The van der Waals surface area contributed by atoms with E-state index in [1.54, 1.807) is 14.2 Å². The number of para-hydroxylation sites is 2. The zero-order valence-corrected chi connectivity index (χ0v) is 19.8. The third kappa shape index (κ3) is 5.31. The first-order chi connectivity index (χ1) is 16.0. The standard InChI is InChI=1S/C26H33N3O4/c1-5-23-22(17-28(16-18(2)30)19-10-11-19)26(33-25-9-7-6-8-24(25)32-4)29(27-23)20-12-14-21(31-3)15-13-20/h6-9,12-15,18-19,30H,5,10-11,16-17H2,1-4H3/t18-/m1/s1. The lowest BCUT2D eigenvalue weighted by molar-refractivity contribution is 0.117. The Morgan fingerprint density at radius 2 is 1.76 bits per heavy atom. The van der Waals surface area contributed by atoms with Gasteiger partial charge < -0.3 is 19.3 Å². The second kappa shape index (κ2) is 10.3. The van der Waals surface area contributed by atoms with E-state index >= 15 is 0 Å². The van der Waals surface area contributed by atoms with Crippen LogP contribution in [0.4, 0.5) is 0 Å². The summed E-state index contributed by atoms with van der Waals surface area (Å²) in [4.78, 5) is 2.34. The normalized spacial score (nSPS) is 14.4. The fourth-order valence-corrected chi connectivity index (χ4v) is 4.06. The molecular formula is C26H33N3O4. The van der Waals surface area contributed by atoms with Crippen LogP contribution in [0.3, 0.4) is 0 Å². The summed E-state index contributed by atoms with van der Waals surface area (Å²) in [6, 6.07) is 15.9. The van der Waals surface area contributed by atoms with Crippen LogP contribution in [-0.2, 0) is 13.0 Å². The average molecular weight is 452 g/mol. The molecule has 0 unspecified atom stereocenters. The molecule has 2 aromatic carbocycles. The van der Waals surface area contributed by atoms with Crippen LogP contribution in [0.5, 0.6) is 23.1 Å². The Morgan fingerprint density at radius 1 is 1.06 bits per heavy atom. The fraction of sp³-hybridized carbons (Fsp3) is 0.423. The molecule has 1 atom stereocenters. The van der Waals surface area contributed by atoms with Crippen molar-refractivity contribution in [2.24, 2.45) is 0 Å². The van der Waals surface area contributed by atoms with Gasteiger partial charge in [0.05, 0.1) is 37.3 Å². The summed E-state index contributed by atoms with van der Waals surface area (Å²) in [6.45, 7) is 5.23. The minimum atomic E-state index is -0.397. The number of aromatic nitrogens is 2. The summed E-state index contributed by atoms with van der Waals surface area (Å²) in [5.41, 5.74) is 2.90. The van der Waals surface area contributed by atoms with E-state index < -0.39 is 6.10 Å². The summed E-state index contributed by atoms with van der Waals surface area (Å²) in [7, 11) is 3.29. The molecule has 7 heteroatoms. The first-order valence-electron chi connectivity index (χ1n) is 11.5. The van der Waals surface area contributed by atoms with Crippen LogP contribution in [-0.4, -0.2) is 52.7 Å². The molecule has 0 amide bonds. The highest BCUT2D eigenvalue weighted by atomic mass is 16.5. The van der Waals surface area contributed by atoms with Gasteiger partial charge in [-0.15, -0.1) is 0 Å². The van der Waals surface area contributed by atoms with Crippen LogP contribution >= 0.6 is 0 Å². The van der Waals surface area contributed by atoms with Gasteiger partial charge in [0.15, 0.2) is 11.5 Å². The molecule has 3 aromatic rings. The monoisotopic (exact) mass is 451 g/mol. The molecule has 33 heavy (non-hydrogen) atoms. The van der Waals surface area contributed by atoms with Crippen molar-refractivity contribution in [3.8, 4) is 28.8 Å². The minimum absolute atomic E-state index is 0.397. The fourth-order valence-electron chi connectivity index (χ4n) is 4.06. The second-order valence-corrected chi connectivity index (χ2v) is 8.46. The Hall–Kier alpha value is -3.03. The van der Waals surface area contributed by atoms with E-state index in [4.69, 9.17) is 19.3 Å². The highest BCUT2D eigenvalue weighted by molar-refractivity contribution is 5.48. The topological polar surface area (TPSA) is 69.0 Å². The van der Waals surface area contributed by atoms with Crippen molar-refractivity contribution < 1.29 is 19.3 Å². The molecule has 1 aromatic heterocycles. The van der Waals surface area contributed by atoms with E-state index in [-0.39, 0.29) is 0 Å². The van der Waals surface area contributed by atoms with E-state index in [9.17, 15) is 5.11 Å². The molecule has 7 nitrogen and oxygen atoms in total. The molecule has 0 bridgehead atoms. The van der Waals surface area contributed by atoms with Crippen molar-refractivity contribution in [1.82, 2.24) is 14.7 Å². The number of methoxy groups -OCH3 is 2. The molecule has 4 rings (SSSR count). The maximum atomic E-state index is 10.1. The predicted octanol–water partition coefficient (Wildman–Crippen LogP) is 4.59. The lowest BCUT2D eigenvalue weighted by Gasteiger charge is -2.24. The second-order valence-electron chi connectivity index (χ2n) is 8.46. The summed E-state index contributed by atoms with van der Waals surface area (Å²) in [5, 5.41) is 15.0. The summed E-state index contributed by atoms with van der Waals surface area (Å²) >= 11 is 0. The minimum Gasteiger partial charge on any atom is -0.497 e. The third-order valence-corrected chi connectivity index (χ3v) is 5.87. The molecule has 0 radical (unpaired) electrons. The number of aliphatic hydroxyl groups is 1. The first-order valence-corrected chi connectivity index (χ1v) is 11.5. The van der Waals surface area contributed by atoms with Crippen molar-refractivity contribution in [2.75, 3.05) is 20.8 Å². The molecule has 1 aliphatic rings. The number of aryl methyl sites for hydroxylation is 1. The van der Waals surface area contributed by atoms with Gasteiger partial charge in [0, 0.05) is 19.1 Å². The van der Waals surface area contributed by atoms with Gasteiger partial charge in [0.25, 0.3) is 0 Å². The van der Waals surface area contributed by atoms with Crippen LogP contribution in [0.1, 0.15) is 37.9 Å². The smallest absolute Gasteiger partial charge is 0.227 e. The number of aliphatic hydroxyl groups excluding tert-OH is 1. The van der Waals surface area contributed by atoms with Crippen LogP contribution in [0.25, 0.3) is 5.69 Å². The van der Waals surface area contributed by atoms with Crippen molar-refractivity contribution >= 4 is 0 Å². The van der Waals surface area contributed by atoms with Crippen molar-refractivity contribution in [3.63, 3.8) is 0 Å². The lowest BCUT2D eigenvalue weighted by Crippen LogP contribution is -2.32. The van der Waals surface area contributed by atoms with Gasteiger partial charge in [-0.25, -0.2) is 4.68 Å². The van der Waals surface area contributed by atoms with Gasteiger partial charge >= 0.3 is 0 Å². The van der Waals surface area contributed by atoms with Crippen LogP contribution in [0.15, 0.2) is 48.5 Å². The SMILES string of the molecule is CCc1nn(-c2ccc(OC)cc2)c(Oc2ccccc2OC)c1CN(C[C@@H](C)O)C1CC1. The van der Waals surface area contributed by atoms with E-state index in [1.165, 1.54) is 0 Å². The number of rotatable bonds is 11. The van der Waals surface area contributed by atoms with Crippen molar-refractivity contribution in [3.05, 3.63) is 59.8 Å². The van der Waals surface area contributed by atoms with Gasteiger partial charge in [0.2, 0.25) is 5.88 Å². The Bertz CT molecular complexity index is 1060. The van der Waals surface area contributed by atoms with Gasteiger partial charge in [-0.05, 0) is 62.6 Å². The molecule has 176 valence electrons. The van der Waals surface area contributed by atoms with Gasteiger partial charge in [-0.2, -0.15) is 5.10 Å². The maximum absolute atomic E-state index is 10.1. The van der Waals surface area contributed by atoms with Gasteiger partial charge in [-0.1, -0.05) is 19.1 Å². The Labute approximate surface area is 195 Å². The number of benzene rings is 2. The van der Waals surface area contributed by atoms with Gasteiger partial charge in [-0.3, -0.25) is 4.90 Å². The molecule has 1 saturated carbocycles. The third-order valence-electron chi connectivity index (χ3n) is 5.87. The quantitative estimate of drug-likeness (QED) is 0.460. The average Bonchev–Trinajstić information content (AvgIpc) is 3.63. The van der Waals surface area contributed by atoms with E-state index in [1.807, 2.05) is 60.1 Å². The van der Waals surface area contributed by atoms with Gasteiger partial charge in [0.1, 0.15) is 5.75 Å². The highest BCUT2D eigenvalue weighted by Gasteiger charge is 2.32. The number of hydrogen-bond donors (Lipinski definition) is 1. The largest absolute Gasteiger partial charge is 0.497 e. The highest BCUT2D eigenvalue weighted by Crippen LogP contribution is 2.38. The molecule has 1 heterocycles. The van der Waals surface area contributed by atoms with Crippen LogP contribution < -0.4 is 14.2 Å². The molecule has 0 aliphatic heterocycles. The molecule has 1 N–H and O–H groups in total. The van der Waals surface area contributed by atoms with Crippen molar-refractivity contribution in [2.45, 2.75) is 51.8 Å². The van der Waals surface area contributed by atoms with E-state index in [0.29, 0.717) is 36.5 Å². The Morgan fingerprint density at radius 3 is 2.33 bits per heavy atom. The van der Waals surface area contributed by atoms with E-state index in [2.05, 4.69) is 11.8 Å². The Balaban J connectivity index is 1.80. The van der Waals surface area contributed by atoms with Crippen LogP contribution in [0.2, 0.25) is 0 Å². The predicted molar refractivity (Wildman–Crippen MR) is 128 cm³/mol. The van der Waals surface area contributed by atoms with E-state index in [0.717, 1.165) is 42.0 Å². The summed E-state index contributed by atoms with van der Waals surface area (Å²) < 4.78 is 19.2. The molecule has 0 spiro atoms. The molecule has 0 saturated heterocycles. The molecular weight excluding hydrogens is 418 g/mol. The zero-order valence-electron chi connectivity index (χ0n) is 19.8. The molecule has 1 aliphatic carbocycles. The first kappa shape index (κ1) is 23.1. The lowest BCUT2D eigenvalue weighted by atomic mass is 10.1. The Kier molecular flexibility index (Phi) is 7.20. The van der Waals surface area contributed by atoms with Crippen LogP contribution in [0, 0.1) is 0 Å². The number of ether oxygens (including phenoxy) is 3. The number of hydrogen-bond acceptors (Lipinski definition) is 6.